The topological polar surface area (TPSA) is 55.5 Å². The molecule has 7 heteroatoms. The van der Waals surface area contributed by atoms with E-state index in [0.29, 0.717) is 0 Å². The molecule has 1 aromatic carbocycles. The minimum absolute atomic E-state index is 0.741. The van der Waals surface area contributed by atoms with Crippen molar-refractivity contribution in [1.29, 1.82) is 0 Å². The van der Waals surface area contributed by atoms with Crippen LogP contribution in [0.1, 0.15) is 11.4 Å². The Kier molecular flexibility index (Phi) is 4.38. The number of thioether (sulfide) groups is 1. The maximum absolute atomic E-state index is 5.45. The van der Waals surface area contributed by atoms with Gasteiger partial charge in [-0.25, -0.2) is 0 Å². The number of rotatable bonds is 5. The highest BCUT2D eigenvalue weighted by molar-refractivity contribution is 7.98. The Labute approximate surface area is 139 Å². The van der Waals surface area contributed by atoms with E-state index >= 15 is 0 Å². The second-order valence-electron chi connectivity index (χ2n) is 5.25. The average molecular weight is 329 g/mol. The van der Waals surface area contributed by atoms with Crippen LogP contribution < -0.4 is 9.64 Å². The number of nitrogens with zero attached hydrogens (tertiary/aromatic N) is 5. The summed E-state index contributed by atoms with van der Waals surface area (Å²) in [5, 5.41) is 12.7. The van der Waals surface area contributed by atoms with E-state index in [-0.39, 0.29) is 0 Å². The third-order valence-electron chi connectivity index (χ3n) is 3.66. The zero-order valence-corrected chi connectivity index (χ0v) is 14.5. The molecule has 0 radical (unpaired) electrons. The number of fused-ring (bicyclic) bond motifs is 1. The summed E-state index contributed by atoms with van der Waals surface area (Å²) in [7, 11) is 3.72. The Morgan fingerprint density at radius 3 is 2.78 bits per heavy atom. The van der Waals surface area contributed by atoms with Crippen LogP contribution in [-0.2, 0) is 6.54 Å². The van der Waals surface area contributed by atoms with Crippen molar-refractivity contribution < 1.29 is 4.74 Å². The van der Waals surface area contributed by atoms with Gasteiger partial charge >= 0.3 is 0 Å². The average Bonchev–Trinajstić information content (AvgIpc) is 2.95. The first kappa shape index (κ1) is 15.6. The van der Waals surface area contributed by atoms with Crippen LogP contribution in [0.2, 0.25) is 0 Å². The first-order chi connectivity index (χ1) is 11.1. The molecule has 23 heavy (non-hydrogen) atoms. The lowest BCUT2D eigenvalue weighted by Crippen LogP contribution is -2.18. The number of hydrogen-bond acceptors (Lipinski definition) is 6. The highest BCUT2D eigenvalue weighted by Gasteiger charge is 2.09. The third-order valence-corrected chi connectivity index (χ3v) is 4.44. The van der Waals surface area contributed by atoms with E-state index in [1.807, 2.05) is 32.4 Å². The van der Waals surface area contributed by atoms with Gasteiger partial charge in [-0.1, -0.05) is 6.07 Å². The number of ether oxygens (including phenoxy) is 1. The number of aromatic nitrogens is 4. The molecular formula is C16H19N5OS. The minimum atomic E-state index is 0.741. The summed E-state index contributed by atoms with van der Waals surface area (Å²) in [6.45, 7) is 2.63. The van der Waals surface area contributed by atoms with Crippen molar-refractivity contribution >= 4 is 23.2 Å². The van der Waals surface area contributed by atoms with Crippen LogP contribution in [0.3, 0.4) is 0 Å². The number of methoxy groups -OCH3 is 1. The fraction of sp³-hybridized carbons (Fsp3) is 0.312. The van der Waals surface area contributed by atoms with Crippen molar-refractivity contribution in [3.8, 4) is 5.75 Å². The number of aryl methyl sites for hydroxylation is 1. The molecular weight excluding hydrogens is 310 g/mol. The molecule has 0 bridgehead atoms. The molecule has 0 saturated heterocycles. The lowest BCUT2D eigenvalue weighted by atomic mass is 10.2. The second-order valence-corrected chi connectivity index (χ2v) is 6.10. The molecule has 0 saturated carbocycles. The van der Waals surface area contributed by atoms with E-state index in [9.17, 15) is 0 Å². The Bertz CT molecular complexity index is 832. The first-order valence-electron chi connectivity index (χ1n) is 7.23. The van der Waals surface area contributed by atoms with Crippen LogP contribution >= 0.6 is 11.8 Å². The second kappa shape index (κ2) is 6.45. The van der Waals surface area contributed by atoms with Gasteiger partial charge < -0.3 is 9.64 Å². The normalized spacial score (nSPS) is 11.0. The van der Waals surface area contributed by atoms with E-state index in [1.165, 1.54) is 5.56 Å². The van der Waals surface area contributed by atoms with Gasteiger partial charge in [-0.3, -0.25) is 0 Å². The molecule has 0 aliphatic carbocycles. The van der Waals surface area contributed by atoms with Gasteiger partial charge in [-0.15, -0.1) is 27.1 Å². The minimum Gasteiger partial charge on any atom is -0.496 e. The van der Waals surface area contributed by atoms with Crippen LogP contribution in [0.4, 0.5) is 5.82 Å². The van der Waals surface area contributed by atoms with Gasteiger partial charge in [-0.05, 0) is 43.0 Å². The highest BCUT2D eigenvalue weighted by atomic mass is 32.2. The fourth-order valence-electron chi connectivity index (χ4n) is 2.42. The van der Waals surface area contributed by atoms with Crippen LogP contribution in [0, 0.1) is 6.92 Å². The monoisotopic (exact) mass is 329 g/mol. The zero-order chi connectivity index (χ0) is 16.4. The molecule has 0 spiro atoms. The van der Waals surface area contributed by atoms with E-state index in [0.717, 1.165) is 34.5 Å². The van der Waals surface area contributed by atoms with Crippen molar-refractivity contribution in [2.45, 2.75) is 18.4 Å². The summed E-state index contributed by atoms with van der Waals surface area (Å²) in [5.41, 5.74) is 1.93. The van der Waals surface area contributed by atoms with Gasteiger partial charge in [0.05, 0.1) is 7.11 Å². The highest BCUT2D eigenvalue weighted by Crippen LogP contribution is 2.29. The van der Waals surface area contributed by atoms with Crippen molar-refractivity contribution in [2.75, 3.05) is 25.3 Å². The molecule has 3 rings (SSSR count). The molecule has 0 N–H and O–H groups in total. The molecule has 0 aliphatic rings. The number of benzene rings is 1. The van der Waals surface area contributed by atoms with Crippen molar-refractivity contribution in [2.24, 2.45) is 0 Å². The summed E-state index contributed by atoms with van der Waals surface area (Å²) in [5.74, 6) is 2.55. The van der Waals surface area contributed by atoms with Crippen LogP contribution in [0.15, 0.2) is 35.2 Å². The Hall–Kier alpha value is -2.28. The van der Waals surface area contributed by atoms with Gasteiger partial charge in [0, 0.05) is 18.5 Å². The number of anilines is 1. The van der Waals surface area contributed by atoms with E-state index in [4.69, 9.17) is 4.74 Å². The summed E-state index contributed by atoms with van der Waals surface area (Å²) >= 11 is 1.68. The Balaban J connectivity index is 1.85. The maximum Gasteiger partial charge on any atom is 0.178 e. The maximum atomic E-state index is 5.45. The molecule has 3 aromatic rings. The van der Waals surface area contributed by atoms with Gasteiger partial charge in [0.15, 0.2) is 11.5 Å². The molecule has 2 heterocycles. The van der Waals surface area contributed by atoms with Crippen molar-refractivity contribution in [1.82, 2.24) is 19.8 Å². The summed E-state index contributed by atoms with van der Waals surface area (Å²) < 4.78 is 7.20. The standard InChI is InChI=1S/C16H19N5OS/c1-11-17-18-15-7-8-16(19-21(11)15)20(2)10-12-5-6-14(23-4)13(9-12)22-3/h5-9H,10H2,1-4H3. The van der Waals surface area contributed by atoms with E-state index < -0.39 is 0 Å². The molecule has 6 nitrogen and oxygen atoms in total. The Morgan fingerprint density at radius 2 is 2.04 bits per heavy atom. The van der Waals surface area contributed by atoms with Crippen molar-refractivity contribution in [3.05, 3.63) is 41.7 Å². The van der Waals surface area contributed by atoms with Crippen LogP contribution in [0.5, 0.6) is 5.75 Å². The summed E-state index contributed by atoms with van der Waals surface area (Å²) in [6, 6.07) is 10.2. The number of hydrogen-bond donors (Lipinski definition) is 0. The quantitative estimate of drug-likeness (QED) is 0.671. The lowest BCUT2D eigenvalue weighted by Gasteiger charge is -2.19. The molecule has 0 aliphatic heterocycles. The zero-order valence-electron chi connectivity index (χ0n) is 13.6. The summed E-state index contributed by atoms with van der Waals surface area (Å²) in [6.07, 6.45) is 2.05. The third kappa shape index (κ3) is 3.10. The largest absolute Gasteiger partial charge is 0.496 e. The smallest absolute Gasteiger partial charge is 0.178 e. The summed E-state index contributed by atoms with van der Waals surface area (Å²) in [4.78, 5) is 3.23. The lowest BCUT2D eigenvalue weighted by molar-refractivity contribution is 0.404. The van der Waals surface area contributed by atoms with Gasteiger partial charge in [0.25, 0.3) is 0 Å². The van der Waals surface area contributed by atoms with E-state index in [2.05, 4.69) is 38.4 Å². The van der Waals surface area contributed by atoms with Gasteiger partial charge in [0.2, 0.25) is 0 Å². The molecule has 0 atom stereocenters. The Morgan fingerprint density at radius 1 is 1.22 bits per heavy atom. The van der Waals surface area contributed by atoms with Crippen molar-refractivity contribution in [3.63, 3.8) is 0 Å². The predicted molar refractivity (Wildman–Crippen MR) is 92.4 cm³/mol. The van der Waals surface area contributed by atoms with E-state index in [1.54, 1.807) is 23.4 Å². The first-order valence-corrected chi connectivity index (χ1v) is 8.46. The molecule has 0 amide bonds. The van der Waals surface area contributed by atoms with Crippen LogP contribution in [0.25, 0.3) is 5.65 Å². The van der Waals surface area contributed by atoms with Crippen LogP contribution in [-0.4, -0.2) is 40.2 Å². The fourth-order valence-corrected chi connectivity index (χ4v) is 2.97. The molecule has 0 fully saturated rings. The van der Waals surface area contributed by atoms with Gasteiger partial charge in [0.1, 0.15) is 11.6 Å². The molecule has 0 unspecified atom stereocenters. The SMILES string of the molecule is COc1cc(CN(C)c2ccc3nnc(C)n3n2)ccc1SC. The predicted octanol–water partition coefficient (Wildman–Crippen LogP) is 2.80. The van der Waals surface area contributed by atoms with Gasteiger partial charge in [-0.2, -0.15) is 4.52 Å². The molecule has 2 aromatic heterocycles. The molecule has 120 valence electrons.